The number of benzene rings is 1. The Balaban J connectivity index is 2.96. The van der Waals surface area contributed by atoms with Crippen LogP contribution in [-0.4, -0.2) is 11.6 Å². The molecule has 92 valence electrons. The quantitative estimate of drug-likeness (QED) is 0.556. The van der Waals surface area contributed by atoms with Gasteiger partial charge in [-0.05, 0) is 36.1 Å². The molecular formula is C15H20O2. The summed E-state index contributed by atoms with van der Waals surface area (Å²) >= 11 is 0. The average molecular weight is 232 g/mol. The van der Waals surface area contributed by atoms with Gasteiger partial charge in [-0.25, -0.2) is 0 Å². The first-order chi connectivity index (χ1) is 8.10. The molecule has 0 spiro atoms. The smallest absolute Gasteiger partial charge is 0.170 e. The summed E-state index contributed by atoms with van der Waals surface area (Å²) in [5.74, 6) is -0.0446. The Kier molecular flexibility index (Phi) is 5.08. The summed E-state index contributed by atoms with van der Waals surface area (Å²) in [5, 5.41) is 0. The van der Waals surface area contributed by atoms with Gasteiger partial charge in [-0.2, -0.15) is 0 Å². The van der Waals surface area contributed by atoms with E-state index in [1.54, 1.807) is 6.92 Å². The number of ketones is 2. The SMILES string of the molecule is CCC(=O)CC(=O)c1cc(CC)cc(CC)c1. The lowest BCUT2D eigenvalue weighted by molar-refractivity contribution is -0.117. The van der Waals surface area contributed by atoms with Gasteiger partial charge in [-0.3, -0.25) is 9.59 Å². The van der Waals surface area contributed by atoms with Crippen molar-refractivity contribution >= 4 is 11.6 Å². The van der Waals surface area contributed by atoms with Crippen molar-refractivity contribution < 1.29 is 9.59 Å². The van der Waals surface area contributed by atoms with E-state index in [2.05, 4.69) is 19.9 Å². The molecule has 1 aromatic carbocycles. The fraction of sp³-hybridized carbons (Fsp3) is 0.467. The van der Waals surface area contributed by atoms with Crippen molar-refractivity contribution in [2.24, 2.45) is 0 Å². The monoisotopic (exact) mass is 232 g/mol. The highest BCUT2D eigenvalue weighted by Gasteiger charge is 2.11. The summed E-state index contributed by atoms with van der Waals surface area (Å²) in [5.41, 5.74) is 3.01. The number of aryl methyl sites for hydroxylation is 2. The third-order valence-electron chi connectivity index (χ3n) is 2.94. The van der Waals surface area contributed by atoms with Gasteiger partial charge in [0.15, 0.2) is 5.78 Å². The predicted octanol–water partition coefficient (Wildman–Crippen LogP) is 3.36. The maximum absolute atomic E-state index is 11.9. The molecular weight excluding hydrogens is 212 g/mol. The summed E-state index contributed by atoms with van der Waals surface area (Å²) in [6, 6.07) is 5.94. The lowest BCUT2D eigenvalue weighted by Gasteiger charge is -2.06. The van der Waals surface area contributed by atoms with E-state index in [1.165, 1.54) is 0 Å². The van der Waals surface area contributed by atoms with Gasteiger partial charge in [-0.15, -0.1) is 0 Å². The van der Waals surface area contributed by atoms with Gasteiger partial charge < -0.3 is 0 Å². The lowest BCUT2D eigenvalue weighted by atomic mass is 9.98. The van der Waals surface area contributed by atoms with Gasteiger partial charge >= 0.3 is 0 Å². The topological polar surface area (TPSA) is 34.1 Å². The highest BCUT2D eigenvalue weighted by Crippen LogP contribution is 2.14. The van der Waals surface area contributed by atoms with Crippen LogP contribution in [0, 0.1) is 0 Å². The molecule has 0 aliphatic rings. The fourth-order valence-electron chi connectivity index (χ4n) is 1.74. The van der Waals surface area contributed by atoms with E-state index in [0.717, 1.165) is 24.0 Å². The highest BCUT2D eigenvalue weighted by molar-refractivity contribution is 6.08. The van der Waals surface area contributed by atoms with Crippen LogP contribution in [0.4, 0.5) is 0 Å². The van der Waals surface area contributed by atoms with E-state index in [-0.39, 0.29) is 18.0 Å². The summed E-state index contributed by atoms with van der Waals surface area (Å²) in [4.78, 5) is 23.2. The third-order valence-corrected chi connectivity index (χ3v) is 2.94. The molecule has 17 heavy (non-hydrogen) atoms. The second-order valence-electron chi connectivity index (χ2n) is 4.24. The first-order valence-corrected chi connectivity index (χ1v) is 6.28. The van der Waals surface area contributed by atoms with Crippen molar-refractivity contribution in [3.8, 4) is 0 Å². The number of carbonyl (C=O) groups excluding carboxylic acids is 2. The molecule has 0 amide bonds. The standard InChI is InChI=1S/C15H20O2/c1-4-11-7-12(5-2)9-13(8-11)15(17)10-14(16)6-3/h7-9H,4-6,10H2,1-3H3. The number of carbonyl (C=O) groups is 2. The zero-order chi connectivity index (χ0) is 12.8. The molecule has 0 aliphatic carbocycles. The van der Waals surface area contributed by atoms with Crippen molar-refractivity contribution in [2.45, 2.75) is 46.5 Å². The Morgan fingerprint density at radius 2 is 1.47 bits per heavy atom. The lowest BCUT2D eigenvalue weighted by Crippen LogP contribution is -2.08. The third kappa shape index (κ3) is 3.81. The van der Waals surface area contributed by atoms with Crippen LogP contribution in [0.15, 0.2) is 18.2 Å². The van der Waals surface area contributed by atoms with Gasteiger partial charge in [0.05, 0.1) is 6.42 Å². The van der Waals surface area contributed by atoms with Crippen LogP contribution in [0.2, 0.25) is 0 Å². The van der Waals surface area contributed by atoms with Crippen LogP contribution in [0.3, 0.4) is 0 Å². The van der Waals surface area contributed by atoms with Crippen LogP contribution in [0.1, 0.15) is 55.1 Å². The molecule has 1 rings (SSSR count). The number of rotatable bonds is 6. The van der Waals surface area contributed by atoms with E-state index in [4.69, 9.17) is 0 Å². The summed E-state index contributed by atoms with van der Waals surface area (Å²) in [6.45, 7) is 5.93. The molecule has 0 atom stereocenters. The van der Waals surface area contributed by atoms with E-state index < -0.39 is 0 Å². The molecule has 0 saturated heterocycles. The van der Waals surface area contributed by atoms with Gasteiger partial charge in [0.1, 0.15) is 5.78 Å². The Labute approximate surface area is 103 Å². The van der Waals surface area contributed by atoms with Crippen LogP contribution in [-0.2, 0) is 17.6 Å². The second kappa shape index (κ2) is 6.33. The van der Waals surface area contributed by atoms with Crippen LogP contribution < -0.4 is 0 Å². The molecule has 0 heterocycles. The predicted molar refractivity (Wildman–Crippen MR) is 69.4 cm³/mol. The fourth-order valence-corrected chi connectivity index (χ4v) is 1.74. The minimum atomic E-state index is -0.0538. The Hall–Kier alpha value is -1.44. The minimum absolute atomic E-state index is 0.00921. The molecule has 0 radical (unpaired) electrons. The average Bonchev–Trinajstić information content (AvgIpc) is 2.37. The van der Waals surface area contributed by atoms with E-state index in [1.807, 2.05) is 12.1 Å². The largest absolute Gasteiger partial charge is 0.299 e. The maximum atomic E-state index is 11.9. The van der Waals surface area contributed by atoms with Gasteiger partial charge in [0.25, 0.3) is 0 Å². The maximum Gasteiger partial charge on any atom is 0.170 e. The molecule has 0 unspecified atom stereocenters. The Morgan fingerprint density at radius 3 is 1.88 bits per heavy atom. The Bertz CT molecular complexity index is 397. The second-order valence-corrected chi connectivity index (χ2v) is 4.24. The molecule has 0 bridgehead atoms. The van der Waals surface area contributed by atoms with Crippen molar-refractivity contribution in [1.29, 1.82) is 0 Å². The van der Waals surface area contributed by atoms with Gasteiger partial charge in [0, 0.05) is 12.0 Å². The van der Waals surface area contributed by atoms with Gasteiger partial charge in [-0.1, -0.05) is 26.8 Å². The van der Waals surface area contributed by atoms with Crippen molar-refractivity contribution in [3.63, 3.8) is 0 Å². The molecule has 1 aromatic rings. The van der Waals surface area contributed by atoms with Crippen molar-refractivity contribution in [2.75, 3.05) is 0 Å². The number of hydrogen-bond donors (Lipinski definition) is 0. The molecule has 2 nitrogen and oxygen atoms in total. The van der Waals surface area contributed by atoms with E-state index >= 15 is 0 Å². The van der Waals surface area contributed by atoms with Crippen LogP contribution in [0.5, 0.6) is 0 Å². The first kappa shape index (κ1) is 13.6. The highest BCUT2D eigenvalue weighted by atomic mass is 16.1. The summed E-state index contributed by atoms with van der Waals surface area (Å²) in [6.07, 6.45) is 2.29. The number of hydrogen-bond acceptors (Lipinski definition) is 2. The molecule has 0 aromatic heterocycles. The zero-order valence-electron chi connectivity index (χ0n) is 10.9. The molecule has 0 aliphatic heterocycles. The van der Waals surface area contributed by atoms with Crippen LogP contribution in [0.25, 0.3) is 0 Å². The van der Waals surface area contributed by atoms with Crippen LogP contribution >= 0.6 is 0 Å². The number of Topliss-reactive ketones (excluding diaryl/α,β-unsaturated/α-hetero) is 2. The molecule has 0 saturated carbocycles. The molecule has 2 heteroatoms. The Morgan fingerprint density at radius 1 is 0.941 bits per heavy atom. The molecule has 0 fully saturated rings. The normalized spacial score (nSPS) is 10.3. The van der Waals surface area contributed by atoms with E-state index in [9.17, 15) is 9.59 Å². The first-order valence-electron chi connectivity index (χ1n) is 6.28. The zero-order valence-corrected chi connectivity index (χ0v) is 10.9. The summed E-state index contributed by atoms with van der Waals surface area (Å²) in [7, 11) is 0. The van der Waals surface area contributed by atoms with Gasteiger partial charge in [0.2, 0.25) is 0 Å². The summed E-state index contributed by atoms with van der Waals surface area (Å²) < 4.78 is 0. The van der Waals surface area contributed by atoms with E-state index in [0.29, 0.717) is 12.0 Å². The van der Waals surface area contributed by atoms with Crippen molar-refractivity contribution in [1.82, 2.24) is 0 Å². The van der Waals surface area contributed by atoms with Crippen molar-refractivity contribution in [3.05, 3.63) is 34.9 Å². The minimum Gasteiger partial charge on any atom is -0.299 e. The molecule has 0 N–H and O–H groups in total.